The molecule has 0 aliphatic heterocycles. The normalized spacial score (nSPS) is 10.0. The third-order valence-corrected chi connectivity index (χ3v) is 2.02. The van der Waals surface area contributed by atoms with E-state index in [2.05, 4.69) is 0 Å². The van der Waals surface area contributed by atoms with Crippen molar-refractivity contribution in [3.8, 4) is 0 Å². The maximum atomic E-state index is 13.1. The monoisotopic (exact) mass is 216 g/mol. The highest BCUT2D eigenvalue weighted by atomic mass is 35.5. The Bertz CT molecular complexity index is 363. The lowest BCUT2D eigenvalue weighted by atomic mass is 10.1. The van der Waals surface area contributed by atoms with Crippen LogP contribution in [0.15, 0.2) is 12.1 Å². The quantitative estimate of drug-likeness (QED) is 0.711. The van der Waals surface area contributed by atoms with Crippen molar-refractivity contribution in [1.82, 2.24) is 0 Å². The van der Waals surface area contributed by atoms with Gasteiger partial charge in [0, 0.05) is 5.02 Å². The fourth-order valence-electron chi connectivity index (χ4n) is 1.07. The van der Waals surface area contributed by atoms with Crippen LogP contribution in [0.5, 0.6) is 0 Å². The fraction of sp³-hybridized carbons (Fsp3) is 0.300. The van der Waals surface area contributed by atoms with E-state index in [-0.39, 0.29) is 22.8 Å². The first-order valence-electron chi connectivity index (χ1n) is 4.19. The second kappa shape index (κ2) is 4.42. The molecule has 0 saturated carbocycles. The molecule has 0 aliphatic rings. The Morgan fingerprint density at radius 3 is 2.79 bits per heavy atom. The summed E-state index contributed by atoms with van der Waals surface area (Å²) in [5.41, 5.74) is 0.435. The van der Waals surface area contributed by atoms with Gasteiger partial charge in [0.25, 0.3) is 0 Å². The van der Waals surface area contributed by atoms with Gasteiger partial charge in [-0.2, -0.15) is 0 Å². The van der Waals surface area contributed by atoms with Crippen LogP contribution in [-0.4, -0.2) is 12.6 Å². The van der Waals surface area contributed by atoms with E-state index in [0.717, 1.165) is 0 Å². The van der Waals surface area contributed by atoms with E-state index in [0.29, 0.717) is 0 Å². The summed E-state index contributed by atoms with van der Waals surface area (Å²) in [6.07, 6.45) is 0. The van der Waals surface area contributed by atoms with Gasteiger partial charge in [-0.15, -0.1) is 0 Å². The van der Waals surface area contributed by atoms with Gasteiger partial charge >= 0.3 is 5.97 Å². The van der Waals surface area contributed by atoms with E-state index in [1.54, 1.807) is 6.92 Å². The highest BCUT2D eigenvalue weighted by Crippen LogP contribution is 2.19. The lowest BCUT2D eigenvalue weighted by molar-refractivity contribution is 0.0525. The summed E-state index contributed by atoms with van der Waals surface area (Å²) in [7, 11) is 0. The van der Waals surface area contributed by atoms with Gasteiger partial charge in [-0.1, -0.05) is 11.6 Å². The van der Waals surface area contributed by atoms with Crippen molar-refractivity contribution in [1.29, 1.82) is 0 Å². The standard InChI is InChI=1S/C10H10ClFO2/c1-3-14-10(13)8-4-7(11)5-9(12)6(8)2/h4-5H,3H2,1-2H3. The fourth-order valence-corrected chi connectivity index (χ4v) is 1.27. The van der Waals surface area contributed by atoms with Gasteiger partial charge < -0.3 is 4.74 Å². The minimum atomic E-state index is -0.550. The second-order valence-corrected chi connectivity index (χ2v) is 3.22. The van der Waals surface area contributed by atoms with E-state index in [9.17, 15) is 9.18 Å². The van der Waals surface area contributed by atoms with E-state index < -0.39 is 11.8 Å². The molecule has 0 aliphatic carbocycles. The van der Waals surface area contributed by atoms with Crippen LogP contribution in [0.3, 0.4) is 0 Å². The molecule has 1 rings (SSSR count). The highest BCUT2D eigenvalue weighted by Gasteiger charge is 2.14. The van der Waals surface area contributed by atoms with Gasteiger partial charge in [-0.3, -0.25) is 0 Å². The summed E-state index contributed by atoms with van der Waals surface area (Å²) in [6.45, 7) is 3.46. The van der Waals surface area contributed by atoms with Crippen LogP contribution in [0.25, 0.3) is 0 Å². The summed E-state index contributed by atoms with van der Waals surface area (Å²) in [5.74, 6) is -1.05. The molecule has 0 saturated heterocycles. The molecular weight excluding hydrogens is 207 g/mol. The molecule has 0 heterocycles. The zero-order valence-corrected chi connectivity index (χ0v) is 8.69. The average molecular weight is 217 g/mol. The van der Waals surface area contributed by atoms with E-state index in [4.69, 9.17) is 16.3 Å². The molecule has 0 atom stereocenters. The van der Waals surface area contributed by atoms with Crippen LogP contribution < -0.4 is 0 Å². The van der Waals surface area contributed by atoms with Gasteiger partial charge in [-0.25, -0.2) is 9.18 Å². The zero-order valence-electron chi connectivity index (χ0n) is 7.93. The van der Waals surface area contributed by atoms with Crippen LogP contribution in [0, 0.1) is 12.7 Å². The van der Waals surface area contributed by atoms with Crippen LogP contribution >= 0.6 is 11.6 Å². The first-order chi connectivity index (χ1) is 6.56. The molecule has 4 heteroatoms. The molecule has 14 heavy (non-hydrogen) atoms. The second-order valence-electron chi connectivity index (χ2n) is 2.78. The molecule has 0 aromatic heterocycles. The lowest BCUT2D eigenvalue weighted by Gasteiger charge is -2.06. The van der Waals surface area contributed by atoms with Crippen molar-refractivity contribution in [2.75, 3.05) is 6.61 Å². The molecule has 0 amide bonds. The molecular formula is C10H10ClFO2. The number of hydrogen-bond acceptors (Lipinski definition) is 2. The molecule has 76 valence electrons. The van der Waals surface area contributed by atoms with Gasteiger partial charge in [0.1, 0.15) is 5.82 Å². The first kappa shape index (κ1) is 11.0. The van der Waals surface area contributed by atoms with Gasteiger partial charge in [0.15, 0.2) is 0 Å². The van der Waals surface area contributed by atoms with Crippen molar-refractivity contribution in [2.45, 2.75) is 13.8 Å². The van der Waals surface area contributed by atoms with E-state index >= 15 is 0 Å². The van der Waals surface area contributed by atoms with E-state index in [1.807, 2.05) is 0 Å². The number of rotatable bonds is 2. The third kappa shape index (κ3) is 2.23. The highest BCUT2D eigenvalue weighted by molar-refractivity contribution is 6.31. The van der Waals surface area contributed by atoms with Crippen molar-refractivity contribution >= 4 is 17.6 Å². The Balaban J connectivity index is 3.13. The molecule has 0 N–H and O–H groups in total. The number of benzene rings is 1. The van der Waals surface area contributed by atoms with Crippen LogP contribution in [0.4, 0.5) is 4.39 Å². The predicted molar refractivity (Wildman–Crippen MR) is 52.1 cm³/mol. The average Bonchev–Trinajstić information content (AvgIpc) is 2.11. The topological polar surface area (TPSA) is 26.3 Å². The predicted octanol–water partition coefficient (Wildman–Crippen LogP) is 2.96. The van der Waals surface area contributed by atoms with Crippen molar-refractivity contribution < 1.29 is 13.9 Å². The summed E-state index contributed by atoms with van der Waals surface area (Å²) >= 11 is 5.62. The van der Waals surface area contributed by atoms with Gasteiger partial charge in [0.05, 0.1) is 12.2 Å². The number of esters is 1. The Labute approximate surface area is 86.6 Å². The van der Waals surface area contributed by atoms with Crippen molar-refractivity contribution in [2.24, 2.45) is 0 Å². The van der Waals surface area contributed by atoms with Gasteiger partial charge in [0.2, 0.25) is 0 Å². The summed E-state index contributed by atoms with van der Waals surface area (Å²) < 4.78 is 17.9. The third-order valence-electron chi connectivity index (χ3n) is 1.80. The molecule has 0 bridgehead atoms. The number of carbonyl (C=O) groups is 1. The minimum absolute atomic E-state index is 0.178. The number of halogens is 2. The largest absolute Gasteiger partial charge is 0.462 e. The molecule has 0 fully saturated rings. The smallest absolute Gasteiger partial charge is 0.338 e. The number of carbonyl (C=O) groups excluding carboxylic acids is 1. The molecule has 1 aromatic rings. The Morgan fingerprint density at radius 2 is 2.21 bits per heavy atom. The maximum absolute atomic E-state index is 13.1. The summed E-state index contributed by atoms with van der Waals surface area (Å²) in [6, 6.07) is 2.57. The maximum Gasteiger partial charge on any atom is 0.338 e. The Morgan fingerprint density at radius 1 is 1.57 bits per heavy atom. The van der Waals surface area contributed by atoms with Gasteiger partial charge in [-0.05, 0) is 31.5 Å². The van der Waals surface area contributed by atoms with Crippen molar-refractivity contribution in [3.05, 3.63) is 34.1 Å². The molecule has 0 spiro atoms. The Hall–Kier alpha value is -1.09. The minimum Gasteiger partial charge on any atom is -0.462 e. The molecule has 0 unspecified atom stereocenters. The van der Waals surface area contributed by atoms with Crippen molar-refractivity contribution in [3.63, 3.8) is 0 Å². The summed E-state index contributed by atoms with van der Waals surface area (Å²) in [4.78, 5) is 11.3. The van der Waals surface area contributed by atoms with Crippen LogP contribution in [0.2, 0.25) is 5.02 Å². The Kier molecular flexibility index (Phi) is 3.47. The zero-order chi connectivity index (χ0) is 10.7. The molecule has 1 aromatic carbocycles. The molecule has 2 nitrogen and oxygen atoms in total. The van der Waals surface area contributed by atoms with Crippen LogP contribution in [0.1, 0.15) is 22.8 Å². The number of ether oxygens (including phenoxy) is 1. The SMILES string of the molecule is CCOC(=O)c1cc(Cl)cc(F)c1C. The first-order valence-corrected chi connectivity index (χ1v) is 4.56. The lowest BCUT2D eigenvalue weighted by Crippen LogP contribution is -2.07. The number of hydrogen-bond donors (Lipinski definition) is 0. The van der Waals surface area contributed by atoms with E-state index in [1.165, 1.54) is 19.1 Å². The van der Waals surface area contributed by atoms with Crippen LogP contribution in [-0.2, 0) is 4.74 Å². The molecule has 0 radical (unpaired) electrons. The summed E-state index contributed by atoms with van der Waals surface area (Å²) in [5, 5.41) is 0.191.